The lowest BCUT2D eigenvalue weighted by Crippen LogP contribution is -2.32. The van der Waals surface area contributed by atoms with Gasteiger partial charge in [0, 0.05) is 35.3 Å². The van der Waals surface area contributed by atoms with Crippen LogP contribution in [-0.2, 0) is 19.6 Å². The molecular formula is C30H32N4O3. The first-order valence-electron chi connectivity index (χ1n) is 13.0. The van der Waals surface area contributed by atoms with Crippen molar-refractivity contribution in [1.29, 1.82) is 0 Å². The second-order valence-corrected chi connectivity index (χ2v) is 9.95. The summed E-state index contributed by atoms with van der Waals surface area (Å²) in [6.45, 7) is 3.45. The molecule has 1 atom stereocenters. The van der Waals surface area contributed by atoms with Gasteiger partial charge in [0.25, 0.3) is 0 Å². The van der Waals surface area contributed by atoms with E-state index in [4.69, 9.17) is 14.5 Å². The Bertz CT molecular complexity index is 1390. The van der Waals surface area contributed by atoms with Gasteiger partial charge in [-0.1, -0.05) is 54.6 Å². The molecular weight excluding hydrogens is 464 g/mol. The van der Waals surface area contributed by atoms with E-state index in [1.165, 1.54) is 6.42 Å². The highest BCUT2D eigenvalue weighted by molar-refractivity contribution is 5.95. The monoisotopic (exact) mass is 496 g/mol. The van der Waals surface area contributed by atoms with Crippen LogP contribution in [0.3, 0.4) is 0 Å². The number of anilines is 1. The Kier molecular flexibility index (Phi) is 6.53. The SMILES string of the molecule is CN1CCC[C@H]1COc1nc(O)c2c(n1)CN(c1cc(OCc3ccccc3)cc3ccccc13)CC2. The Balaban J connectivity index is 1.25. The lowest BCUT2D eigenvalue weighted by atomic mass is 10.0. The molecule has 1 saturated heterocycles. The molecule has 190 valence electrons. The van der Waals surface area contributed by atoms with Gasteiger partial charge in [-0.3, -0.25) is 0 Å². The number of ether oxygens (including phenoxy) is 2. The van der Waals surface area contributed by atoms with Gasteiger partial charge in [-0.25, -0.2) is 0 Å². The maximum atomic E-state index is 10.7. The maximum absolute atomic E-state index is 10.7. The normalized spacial score (nSPS) is 17.6. The summed E-state index contributed by atoms with van der Waals surface area (Å²) in [6, 6.07) is 23.4. The van der Waals surface area contributed by atoms with Gasteiger partial charge in [0.2, 0.25) is 5.88 Å². The zero-order valence-corrected chi connectivity index (χ0v) is 21.1. The molecule has 0 saturated carbocycles. The number of fused-ring (bicyclic) bond motifs is 2. The van der Waals surface area contributed by atoms with Crippen molar-refractivity contribution in [3.63, 3.8) is 0 Å². The fourth-order valence-electron chi connectivity index (χ4n) is 5.37. The summed E-state index contributed by atoms with van der Waals surface area (Å²) in [6.07, 6.45) is 2.95. The van der Waals surface area contributed by atoms with Gasteiger partial charge in [0.1, 0.15) is 19.0 Å². The van der Waals surface area contributed by atoms with Crippen molar-refractivity contribution in [3.05, 3.63) is 83.6 Å². The molecule has 0 spiro atoms. The predicted octanol–water partition coefficient (Wildman–Crippen LogP) is 4.95. The van der Waals surface area contributed by atoms with Crippen molar-refractivity contribution in [2.45, 2.75) is 38.5 Å². The van der Waals surface area contributed by atoms with Gasteiger partial charge in [-0.05, 0) is 49.9 Å². The molecule has 3 heterocycles. The number of aromatic hydroxyl groups is 1. The standard InChI is InChI=1S/C30H32N4O3/c1-33-14-7-11-23(33)20-37-30-31-27-18-34(15-13-26(27)29(35)32-30)28-17-24(16-22-10-5-6-12-25(22)28)36-19-21-8-3-2-4-9-21/h2-6,8-10,12,16-17,23H,7,11,13-15,18-20H2,1H3,(H,31,32,35)/t23-/m0/s1. The van der Waals surface area contributed by atoms with Crippen LogP contribution in [0.4, 0.5) is 5.69 Å². The van der Waals surface area contributed by atoms with Gasteiger partial charge < -0.3 is 24.4 Å². The summed E-state index contributed by atoms with van der Waals surface area (Å²) in [7, 11) is 2.12. The van der Waals surface area contributed by atoms with Gasteiger partial charge in [-0.2, -0.15) is 9.97 Å². The number of aromatic nitrogens is 2. The number of hydrogen-bond donors (Lipinski definition) is 1. The fraction of sp³-hybridized carbons (Fsp3) is 0.333. The van der Waals surface area contributed by atoms with E-state index in [0.29, 0.717) is 32.2 Å². The highest BCUT2D eigenvalue weighted by Crippen LogP contribution is 2.36. The number of nitrogens with zero attached hydrogens (tertiary/aromatic N) is 4. The van der Waals surface area contributed by atoms with Crippen LogP contribution in [0.1, 0.15) is 29.7 Å². The Labute approximate surface area is 217 Å². The van der Waals surface area contributed by atoms with Crippen LogP contribution < -0.4 is 14.4 Å². The summed E-state index contributed by atoms with van der Waals surface area (Å²) in [4.78, 5) is 13.6. The van der Waals surface area contributed by atoms with Crippen LogP contribution in [0.2, 0.25) is 0 Å². The fourth-order valence-corrected chi connectivity index (χ4v) is 5.37. The minimum Gasteiger partial charge on any atom is -0.493 e. The molecule has 0 aliphatic carbocycles. The summed E-state index contributed by atoms with van der Waals surface area (Å²) >= 11 is 0. The van der Waals surface area contributed by atoms with Crippen LogP contribution in [0.25, 0.3) is 10.8 Å². The lowest BCUT2D eigenvalue weighted by molar-refractivity contribution is 0.185. The zero-order valence-electron chi connectivity index (χ0n) is 21.1. The minimum absolute atomic E-state index is 0.0317. The molecule has 1 aromatic heterocycles. The van der Waals surface area contributed by atoms with Gasteiger partial charge in [0.15, 0.2) is 0 Å². The van der Waals surface area contributed by atoms with Crippen molar-refractivity contribution in [1.82, 2.24) is 14.9 Å². The van der Waals surface area contributed by atoms with Gasteiger partial charge >= 0.3 is 6.01 Å². The molecule has 3 aromatic carbocycles. The second-order valence-electron chi connectivity index (χ2n) is 9.95. The lowest BCUT2D eigenvalue weighted by Gasteiger charge is -2.31. The maximum Gasteiger partial charge on any atom is 0.320 e. The molecule has 2 aliphatic rings. The first kappa shape index (κ1) is 23.6. The Morgan fingerprint density at radius 1 is 0.973 bits per heavy atom. The van der Waals surface area contributed by atoms with Crippen molar-refractivity contribution in [2.24, 2.45) is 0 Å². The van der Waals surface area contributed by atoms with E-state index in [-0.39, 0.29) is 11.9 Å². The smallest absolute Gasteiger partial charge is 0.320 e. The second kappa shape index (κ2) is 10.3. The first-order chi connectivity index (χ1) is 18.1. The van der Waals surface area contributed by atoms with Gasteiger partial charge in [-0.15, -0.1) is 0 Å². The summed E-state index contributed by atoms with van der Waals surface area (Å²) in [5.41, 5.74) is 3.85. The molecule has 2 aliphatic heterocycles. The molecule has 0 amide bonds. The van der Waals surface area contributed by atoms with Crippen molar-refractivity contribution in [3.8, 4) is 17.6 Å². The Morgan fingerprint density at radius 3 is 2.65 bits per heavy atom. The van der Waals surface area contributed by atoms with E-state index in [1.807, 2.05) is 18.2 Å². The Hall–Kier alpha value is -3.84. The van der Waals surface area contributed by atoms with E-state index in [2.05, 4.69) is 70.4 Å². The Morgan fingerprint density at radius 2 is 1.81 bits per heavy atom. The highest BCUT2D eigenvalue weighted by Gasteiger charge is 2.26. The molecule has 37 heavy (non-hydrogen) atoms. The van der Waals surface area contributed by atoms with Crippen LogP contribution in [0.5, 0.6) is 17.6 Å². The number of likely N-dealkylation sites (N-methyl/N-ethyl adjacent to an activating group) is 1. The molecule has 0 unspecified atom stereocenters. The van der Waals surface area contributed by atoms with E-state index < -0.39 is 0 Å². The predicted molar refractivity (Wildman–Crippen MR) is 144 cm³/mol. The molecule has 0 radical (unpaired) electrons. The topological polar surface area (TPSA) is 71.0 Å². The third kappa shape index (κ3) is 5.04. The summed E-state index contributed by atoms with van der Waals surface area (Å²) < 4.78 is 12.2. The quantitative estimate of drug-likeness (QED) is 0.388. The molecule has 6 rings (SSSR count). The number of likely N-dealkylation sites (tertiary alicyclic amines) is 1. The van der Waals surface area contributed by atoms with Crippen molar-refractivity contribution >= 4 is 16.5 Å². The average molecular weight is 497 g/mol. The third-order valence-electron chi connectivity index (χ3n) is 7.50. The molecule has 7 nitrogen and oxygen atoms in total. The van der Waals surface area contributed by atoms with Crippen LogP contribution in [-0.4, -0.2) is 52.8 Å². The van der Waals surface area contributed by atoms with Gasteiger partial charge in [0.05, 0.1) is 12.2 Å². The van der Waals surface area contributed by atoms with E-state index in [0.717, 1.165) is 58.5 Å². The average Bonchev–Trinajstić information content (AvgIpc) is 3.35. The minimum atomic E-state index is 0.0317. The highest BCUT2D eigenvalue weighted by atomic mass is 16.5. The third-order valence-corrected chi connectivity index (χ3v) is 7.50. The number of rotatable bonds is 7. The van der Waals surface area contributed by atoms with E-state index in [9.17, 15) is 5.11 Å². The molecule has 4 aromatic rings. The molecule has 7 heteroatoms. The largest absolute Gasteiger partial charge is 0.493 e. The van der Waals surface area contributed by atoms with Crippen LogP contribution >= 0.6 is 0 Å². The van der Waals surface area contributed by atoms with Crippen LogP contribution in [0, 0.1) is 0 Å². The van der Waals surface area contributed by atoms with Crippen molar-refractivity contribution in [2.75, 3.05) is 31.6 Å². The summed E-state index contributed by atoms with van der Waals surface area (Å²) in [5, 5.41) is 12.9. The van der Waals surface area contributed by atoms with E-state index >= 15 is 0 Å². The van der Waals surface area contributed by atoms with Crippen LogP contribution in [0.15, 0.2) is 66.7 Å². The zero-order chi connectivity index (χ0) is 25.2. The molecule has 1 fully saturated rings. The summed E-state index contributed by atoms with van der Waals surface area (Å²) in [5.74, 6) is 0.864. The van der Waals surface area contributed by atoms with Crippen molar-refractivity contribution < 1.29 is 14.6 Å². The van der Waals surface area contributed by atoms with E-state index in [1.54, 1.807) is 0 Å². The first-order valence-corrected chi connectivity index (χ1v) is 13.0. The number of hydrogen-bond acceptors (Lipinski definition) is 7. The molecule has 1 N–H and O–H groups in total. The number of benzene rings is 3. The molecule has 0 bridgehead atoms.